The summed E-state index contributed by atoms with van der Waals surface area (Å²) in [6, 6.07) is 13.3. The molecule has 0 fully saturated rings. The predicted octanol–water partition coefficient (Wildman–Crippen LogP) is 0.0207. The van der Waals surface area contributed by atoms with Crippen molar-refractivity contribution in [3.8, 4) is 5.75 Å². The molecule has 5 N–H and O–H groups in total. The largest absolute Gasteiger partial charge is 0.495 e. The van der Waals surface area contributed by atoms with Gasteiger partial charge in [-0.25, -0.2) is 0 Å². The molecular weight excluding hydrogens is 372 g/mol. The third-order valence-electron chi connectivity index (χ3n) is 5.03. The van der Waals surface area contributed by atoms with Gasteiger partial charge in [0.2, 0.25) is 0 Å². The lowest BCUT2D eigenvalue weighted by molar-refractivity contribution is 0.186. The van der Waals surface area contributed by atoms with E-state index < -0.39 is 14.2 Å². The third kappa shape index (κ3) is 4.83. The first-order valence-electron chi connectivity index (χ1n) is 9.93. The van der Waals surface area contributed by atoms with Crippen LogP contribution < -0.4 is 21.4 Å². The summed E-state index contributed by atoms with van der Waals surface area (Å²) in [7, 11) is -1.70. The Kier molecular flexibility index (Phi) is 7.71. The molecule has 7 nitrogen and oxygen atoms in total. The summed E-state index contributed by atoms with van der Waals surface area (Å²) < 4.78 is 16.2. The van der Waals surface area contributed by atoms with Gasteiger partial charge in [-0.2, -0.15) is 0 Å². The van der Waals surface area contributed by atoms with Crippen LogP contribution in [0.3, 0.4) is 0 Å². The molecule has 9 heteroatoms. The van der Waals surface area contributed by atoms with Crippen LogP contribution in [0.1, 0.15) is 43.1 Å². The molecule has 4 rings (SSSR count). The van der Waals surface area contributed by atoms with E-state index in [0.717, 1.165) is 28.5 Å². The van der Waals surface area contributed by atoms with Gasteiger partial charge in [0.1, 0.15) is 5.75 Å². The van der Waals surface area contributed by atoms with E-state index in [1.807, 2.05) is 49.4 Å². The zero-order valence-electron chi connectivity index (χ0n) is 16.5. The van der Waals surface area contributed by atoms with Gasteiger partial charge in [-0.1, -0.05) is 43.3 Å². The van der Waals surface area contributed by atoms with E-state index in [2.05, 4.69) is 0 Å². The molecule has 2 heterocycles. The lowest BCUT2D eigenvalue weighted by Crippen LogP contribution is -2.30. The quantitative estimate of drug-likeness (QED) is 0.400. The van der Waals surface area contributed by atoms with Gasteiger partial charge in [0.05, 0.1) is 18.8 Å². The number of hydrogen-bond donors (Lipinski definition) is 4. The van der Waals surface area contributed by atoms with Crippen molar-refractivity contribution in [2.24, 2.45) is 5.73 Å². The van der Waals surface area contributed by atoms with Crippen LogP contribution in [0.2, 0.25) is 0 Å². The van der Waals surface area contributed by atoms with Crippen molar-refractivity contribution < 1.29 is 29.2 Å². The van der Waals surface area contributed by atoms with Crippen LogP contribution in [0.25, 0.3) is 0 Å². The van der Waals surface area contributed by atoms with Crippen LogP contribution in [-0.4, -0.2) is 49.1 Å². The topological polar surface area (TPSA) is 114 Å². The smallest absolute Gasteiger partial charge is 0.494 e. The molecule has 0 saturated heterocycles. The maximum absolute atomic E-state index is 9.87. The van der Waals surface area contributed by atoms with Crippen molar-refractivity contribution >= 4 is 25.2 Å². The molecule has 0 radical (unpaired) electrons. The van der Waals surface area contributed by atoms with Crippen molar-refractivity contribution in [3.05, 3.63) is 53.6 Å². The van der Waals surface area contributed by atoms with Crippen LogP contribution >= 0.6 is 0 Å². The minimum Gasteiger partial charge on any atom is -0.494 e. The Morgan fingerprint density at radius 1 is 1.00 bits per heavy atom. The van der Waals surface area contributed by atoms with Gasteiger partial charge < -0.3 is 34.9 Å². The van der Waals surface area contributed by atoms with E-state index >= 15 is 0 Å². The molecule has 0 spiro atoms. The fourth-order valence-corrected chi connectivity index (χ4v) is 3.61. The number of rotatable bonds is 6. The molecule has 2 aromatic carbocycles. The maximum atomic E-state index is 9.87. The first-order valence-corrected chi connectivity index (χ1v) is 9.93. The minimum atomic E-state index is -0.903. The first-order chi connectivity index (χ1) is 14.1. The number of aliphatic hydroxyl groups is 1. The highest BCUT2D eigenvalue weighted by molar-refractivity contribution is 6.63. The van der Waals surface area contributed by atoms with Crippen molar-refractivity contribution in [1.82, 2.24) is 0 Å². The highest BCUT2D eigenvalue weighted by Crippen LogP contribution is 2.29. The van der Waals surface area contributed by atoms with E-state index in [1.165, 1.54) is 0 Å². The Balaban J connectivity index is 0.000000176. The predicted molar refractivity (Wildman–Crippen MR) is 112 cm³/mol. The molecule has 0 amide bonds. The van der Waals surface area contributed by atoms with Gasteiger partial charge in [-0.05, 0) is 29.1 Å². The summed E-state index contributed by atoms with van der Waals surface area (Å²) in [6.07, 6.45) is 1.21. The van der Waals surface area contributed by atoms with E-state index in [-0.39, 0.29) is 18.8 Å². The van der Waals surface area contributed by atoms with Crippen molar-refractivity contribution in [3.63, 3.8) is 0 Å². The summed E-state index contributed by atoms with van der Waals surface area (Å²) in [5.41, 5.74) is 9.06. The average Bonchev–Trinajstić information content (AvgIpc) is 3.26. The average molecular weight is 399 g/mol. The van der Waals surface area contributed by atoms with Gasteiger partial charge in [0.15, 0.2) is 0 Å². The molecule has 29 heavy (non-hydrogen) atoms. The maximum Gasteiger partial charge on any atom is 0.495 e. The molecule has 2 atom stereocenters. The molecule has 0 aliphatic carbocycles. The second kappa shape index (κ2) is 10.2. The fraction of sp³-hybridized carbons (Fsp3) is 0.400. The highest BCUT2D eigenvalue weighted by atomic mass is 16.5. The Morgan fingerprint density at radius 2 is 1.72 bits per heavy atom. The molecule has 0 saturated carbocycles. The van der Waals surface area contributed by atoms with Gasteiger partial charge in [0.25, 0.3) is 0 Å². The van der Waals surface area contributed by atoms with E-state index in [0.29, 0.717) is 25.3 Å². The standard InChI is InChI=1S/C12H17BO4.C8H10BNO2/c1-2-10-9-5-3-6-11(16-8-4-7-14)12(9)13(15)17-10;10-5-8-6-3-1-2-4-7(6)9(11)12-8/h3,5-6,10,14-15H,2,4,7-8H2,1H3;1-4,8,11H,5,10H2/t10-;8-/m11/s1. The number of nitrogens with two attached hydrogens (primary N) is 1. The summed E-state index contributed by atoms with van der Waals surface area (Å²) in [4.78, 5) is 0. The summed E-state index contributed by atoms with van der Waals surface area (Å²) in [5, 5.41) is 28.0. The molecule has 2 aromatic rings. The summed E-state index contributed by atoms with van der Waals surface area (Å²) in [6.45, 7) is 2.97. The van der Waals surface area contributed by atoms with E-state index in [1.54, 1.807) is 0 Å². The zero-order chi connectivity index (χ0) is 20.8. The zero-order valence-corrected chi connectivity index (χ0v) is 16.5. The normalized spacial score (nSPS) is 19.5. The molecule has 0 bridgehead atoms. The van der Waals surface area contributed by atoms with E-state index in [9.17, 15) is 10.0 Å². The van der Waals surface area contributed by atoms with Crippen LogP contribution in [0.5, 0.6) is 5.75 Å². The van der Waals surface area contributed by atoms with Crippen molar-refractivity contribution in [2.75, 3.05) is 19.8 Å². The molecule has 0 unspecified atom stereocenters. The van der Waals surface area contributed by atoms with Gasteiger partial charge >= 0.3 is 14.2 Å². The Labute approximate surface area is 171 Å². The van der Waals surface area contributed by atoms with Gasteiger partial charge in [0, 0.05) is 25.0 Å². The summed E-state index contributed by atoms with van der Waals surface area (Å²) in [5.74, 6) is 0.652. The van der Waals surface area contributed by atoms with E-state index in [4.69, 9.17) is 24.9 Å². The Hall–Kier alpha value is -1.87. The van der Waals surface area contributed by atoms with Gasteiger partial charge in [-0.3, -0.25) is 0 Å². The number of fused-ring (bicyclic) bond motifs is 2. The van der Waals surface area contributed by atoms with Gasteiger partial charge in [-0.15, -0.1) is 0 Å². The Bertz CT molecular complexity index is 808. The van der Waals surface area contributed by atoms with Crippen LogP contribution in [-0.2, 0) is 9.31 Å². The number of hydrogen-bond acceptors (Lipinski definition) is 7. The number of benzene rings is 2. The second-order valence-electron chi connectivity index (χ2n) is 6.91. The molecule has 0 aromatic heterocycles. The summed E-state index contributed by atoms with van der Waals surface area (Å²) >= 11 is 0. The third-order valence-corrected chi connectivity index (χ3v) is 5.03. The lowest BCUT2D eigenvalue weighted by atomic mass is 9.78. The van der Waals surface area contributed by atoms with Crippen molar-refractivity contribution in [2.45, 2.75) is 32.0 Å². The Morgan fingerprint density at radius 3 is 2.45 bits per heavy atom. The highest BCUT2D eigenvalue weighted by Gasteiger charge is 2.37. The first kappa shape index (κ1) is 21.8. The second-order valence-corrected chi connectivity index (χ2v) is 6.91. The number of aliphatic hydroxyl groups excluding tert-OH is 1. The minimum absolute atomic E-state index is 0.0543. The van der Waals surface area contributed by atoms with Crippen molar-refractivity contribution in [1.29, 1.82) is 0 Å². The fourth-order valence-electron chi connectivity index (χ4n) is 3.61. The lowest BCUT2D eigenvalue weighted by Gasteiger charge is -2.11. The SMILES string of the molecule is CC[C@H]1OB(O)c2c(OCCCO)cccc21.NC[C@H]1OB(O)c2ccccc21. The molecule has 2 aliphatic heterocycles. The molecule has 2 aliphatic rings. The van der Waals surface area contributed by atoms with Crippen LogP contribution in [0.4, 0.5) is 0 Å². The molecule has 154 valence electrons. The molecular formula is C20H27B2NO6. The number of ether oxygens (including phenoxy) is 1. The van der Waals surface area contributed by atoms with Crippen LogP contribution in [0, 0.1) is 0 Å². The van der Waals surface area contributed by atoms with Crippen LogP contribution in [0.15, 0.2) is 42.5 Å². The monoisotopic (exact) mass is 399 g/mol.